The van der Waals surface area contributed by atoms with Crippen LogP contribution in [0.25, 0.3) is 11.4 Å². The molecule has 0 spiro atoms. The molecule has 0 unspecified atom stereocenters. The molecule has 2 aliphatic carbocycles. The van der Waals surface area contributed by atoms with Crippen molar-refractivity contribution in [2.75, 3.05) is 36.6 Å². The summed E-state index contributed by atoms with van der Waals surface area (Å²) in [6.45, 7) is 7.18. The lowest BCUT2D eigenvalue weighted by Crippen LogP contribution is -2.48. The number of urea groups is 1. The van der Waals surface area contributed by atoms with Crippen LogP contribution in [0.5, 0.6) is 0 Å². The Bertz CT molecular complexity index is 1300. The number of hydrogen-bond acceptors (Lipinski definition) is 8. The quantitative estimate of drug-likeness (QED) is 0.448. The molecule has 2 aromatic rings. The number of anilines is 2. The van der Waals surface area contributed by atoms with Gasteiger partial charge in [0.2, 0.25) is 0 Å². The van der Waals surface area contributed by atoms with Crippen LogP contribution >= 0.6 is 0 Å². The van der Waals surface area contributed by atoms with Crippen LogP contribution in [0, 0.1) is 0 Å². The zero-order valence-corrected chi connectivity index (χ0v) is 23.8. The molecule has 3 N–H and O–H groups in total. The number of carbonyl (C=O) groups is 1. The number of nitrogens with one attached hydrogen (secondary N) is 2. The van der Waals surface area contributed by atoms with E-state index in [0.717, 1.165) is 31.2 Å². The first kappa shape index (κ1) is 27.8. The molecular formula is C28H39N5O5S. The van der Waals surface area contributed by atoms with Crippen LogP contribution in [0.4, 0.5) is 16.3 Å². The summed E-state index contributed by atoms with van der Waals surface area (Å²) >= 11 is 0. The topological polar surface area (TPSA) is 134 Å². The molecule has 0 bridgehead atoms. The SMILES string of the molecule is C[C@H]1COCCN1c1cc(C2(S(=O)(=O)C3CCCC3)CC2)nc(-c2ccc(NC(=O)NC(C)(C)CO)cc2)n1. The van der Waals surface area contributed by atoms with Crippen molar-refractivity contribution < 1.29 is 23.1 Å². The number of aliphatic hydroxyl groups excluding tert-OH is 1. The second-order valence-electron chi connectivity index (χ2n) is 11.7. The molecule has 3 fully saturated rings. The molecule has 11 heteroatoms. The van der Waals surface area contributed by atoms with Crippen molar-refractivity contribution in [3.05, 3.63) is 36.0 Å². The van der Waals surface area contributed by atoms with Gasteiger partial charge in [0, 0.05) is 23.9 Å². The summed E-state index contributed by atoms with van der Waals surface area (Å²) in [6, 6.07) is 8.73. The van der Waals surface area contributed by atoms with E-state index in [1.54, 1.807) is 26.0 Å². The maximum absolute atomic E-state index is 13.8. The first-order valence-electron chi connectivity index (χ1n) is 13.8. The number of aromatic nitrogens is 2. The number of nitrogens with zero attached hydrogens (tertiary/aromatic N) is 3. The number of ether oxygens (including phenoxy) is 1. The second kappa shape index (κ2) is 10.7. The Labute approximate surface area is 230 Å². The molecule has 5 rings (SSSR count). The van der Waals surface area contributed by atoms with Gasteiger partial charge in [-0.3, -0.25) is 0 Å². The van der Waals surface area contributed by atoms with Crippen LogP contribution < -0.4 is 15.5 Å². The minimum absolute atomic E-state index is 0.101. The van der Waals surface area contributed by atoms with E-state index in [1.807, 2.05) is 18.2 Å². The van der Waals surface area contributed by atoms with Gasteiger partial charge in [-0.15, -0.1) is 0 Å². The minimum atomic E-state index is -3.38. The molecule has 2 amide bonds. The summed E-state index contributed by atoms with van der Waals surface area (Å²) in [4.78, 5) is 24.2. The molecule has 1 atom stereocenters. The van der Waals surface area contributed by atoms with Crippen molar-refractivity contribution in [2.45, 2.75) is 80.9 Å². The van der Waals surface area contributed by atoms with E-state index < -0.39 is 26.2 Å². The van der Waals surface area contributed by atoms with Crippen molar-refractivity contribution in [3.63, 3.8) is 0 Å². The van der Waals surface area contributed by atoms with Crippen LogP contribution in [-0.4, -0.2) is 72.7 Å². The van der Waals surface area contributed by atoms with E-state index in [9.17, 15) is 18.3 Å². The van der Waals surface area contributed by atoms with Crippen LogP contribution in [0.3, 0.4) is 0 Å². The van der Waals surface area contributed by atoms with Crippen molar-refractivity contribution in [1.29, 1.82) is 0 Å². The summed E-state index contributed by atoms with van der Waals surface area (Å²) in [6.07, 6.45) is 4.55. The molecular weight excluding hydrogens is 518 g/mol. The highest BCUT2D eigenvalue weighted by atomic mass is 32.2. The molecule has 10 nitrogen and oxygen atoms in total. The highest BCUT2D eigenvalue weighted by molar-refractivity contribution is 7.93. The van der Waals surface area contributed by atoms with E-state index in [4.69, 9.17) is 14.7 Å². The van der Waals surface area contributed by atoms with Crippen LogP contribution in [-0.2, 0) is 19.3 Å². The minimum Gasteiger partial charge on any atom is -0.394 e. The fourth-order valence-electron chi connectivity index (χ4n) is 5.54. The van der Waals surface area contributed by atoms with Crippen molar-refractivity contribution in [1.82, 2.24) is 15.3 Å². The van der Waals surface area contributed by atoms with Gasteiger partial charge in [-0.05, 0) is 70.7 Å². The average Bonchev–Trinajstić information content (AvgIpc) is 3.55. The van der Waals surface area contributed by atoms with Crippen LogP contribution in [0.1, 0.15) is 65.0 Å². The molecule has 1 aromatic heterocycles. The molecule has 2 saturated carbocycles. The van der Waals surface area contributed by atoms with Gasteiger partial charge >= 0.3 is 6.03 Å². The van der Waals surface area contributed by atoms with E-state index in [0.29, 0.717) is 55.6 Å². The predicted molar refractivity (Wildman–Crippen MR) is 151 cm³/mol. The fourth-order valence-corrected chi connectivity index (χ4v) is 8.20. The molecule has 1 aromatic carbocycles. The number of morpholine rings is 1. The predicted octanol–water partition coefficient (Wildman–Crippen LogP) is 3.61. The number of amides is 2. The number of rotatable bonds is 8. The van der Waals surface area contributed by atoms with Gasteiger partial charge in [0.15, 0.2) is 15.7 Å². The zero-order chi connectivity index (χ0) is 27.8. The van der Waals surface area contributed by atoms with E-state index in [-0.39, 0.29) is 17.9 Å². The number of aliphatic hydroxyl groups is 1. The number of carbonyl (C=O) groups excluding carboxylic acids is 1. The Balaban J connectivity index is 1.47. The summed E-state index contributed by atoms with van der Waals surface area (Å²) in [5.41, 5.74) is 1.14. The van der Waals surface area contributed by atoms with Gasteiger partial charge in [-0.25, -0.2) is 23.2 Å². The smallest absolute Gasteiger partial charge is 0.319 e. The largest absolute Gasteiger partial charge is 0.394 e. The van der Waals surface area contributed by atoms with Crippen LogP contribution in [0.2, 0.25) is 0 Å². The first-order chi connectivity index (χ1) is 18.5. The van der Waals surface area contributed by atoms with Gasteiger partial charge in [-0.1, -0.05) is 12.8 Å². The average molecular weight is 558 g/mol. The van der Waals surface area contributed by atoms with E-state index in [1.165, 1.54) is 0 Å². The molecule has 39 heavy (non-hydrogen) atoms. The summed E-state index contributed by atoms with van der Waals surface area (Å²) in [5.74, 6) is 1.18. The maximum atomic E-state index is 13.8. The standard InChI is InChI=1S/C28H39N5O5S/c1-19-17-38-15-14-33(19)24-16-23(28(12-13-28)39(36,37)22-6-4-5-7-22)30-25(31-24)20-8-10-21(11-9-20)29-26(35)32-27(2,3)18-34/h8-11,16,19,22,34H,4-7,12-15,17-18H2,1-3H3,(H2,29,32,35)/t19-/m0/s1. The molecule has 3 aliphatic rings. The number of benzene rings is 1. The van der Waals surface area contributed by atoms with Crippen molar-refractivity contribution in [3.8, 4) is 11.4 Å². The fraction of sp³-hybridized carbons (Fsp3) is 0.607. The van der Waals surface area contributed by atoms with Gasteiger partial charge < -0.3 is 25.4 Å². The lowest BCUT2D eigenvalue weighted by atomic mass is 10.1. The third-order valence-electron chi connectivity index (χ3n) is 8.08. The third kappa shape index (κ3) is 5.62. The third-order valence-corrected chi connectivity index (χ3v) is 11.1. The van der Waals surface area contributed by atoms with E-state index >= 15 is 0 Å². The Morgan fingerprint density at radius 3 is 2.49 bits per heavy atom. The summed E-state index contributed by atoms with van der Waals surface area (Å²) in [5, 5.41) is 14.6. The monoisotopic (exact) mass is 557 g/mol. The van der Waals surface area contributed by atoms with Gasteiger partial charge in [0.1, 0.15) is 10.6 Å². The number of hydrogen-bond donors (Lipinski definition) is 3. The van der Waals surface area contributed by atoms with Crippen LogP contribution in [0.15, 0.2) is 30.3 Å². The molecule has 1 saturated heterocycles. The van der Waals surface area contributed by atoms with Gasteiger partial charge in [0.05, 0.1) is 42.3 Å². The summed E-state index contributed by atoms with van der Waals surface area (Å²) in [7, 11) is -3.38. The Hall–Kier alpha value is -2.76. The Morgan fingerprint density at radius 2 is 1.87 bits per heavy atom. The zero-order valence-electron chi connectivity index (χ0n) is 22.9. The Kier molecular flexibility index (Phi) is 7.60. The Morgan fingerprint density at radius 1 is 1.18 bits per heavy atom. The molecule has 2 heterocycles. The van der Waals surface area contributed by atoms with Gasteiger partial charge in [0.25, 0.3) is 0 Å². The second-order valence-corrected chi connectivity index (χ2v) is 14.2. The van der Waals surface area contributed by atoms with Gasteiger partial charge in [-0.2, -0.15) is 0 Å². The summed E-state index contributed by atoms with van der Waals surface area (Å²) < 4.78 is 32.3. The first-order valence-corrected chi connectivity index (χ1v) is 15.4. The van der Waals surface area contributed by atoms with Crippen molar-refractivity contribution >= 4 is 27.4 Å². The highest BCUT2D eigenvalue weighted by Gasteiger charge is 2.59. The van der Waals surface area contributed by atoms with Crippen molar-refractivity contribution in [2.24, 2.45) is 0 Å². The molecule has 0 radical (unpaired) electrons. The lowest BCUT2D eigenvalue weighted by molar-refractivity contribution is 0.0985. The molecule has 1 aliphatic heterocycles. The van der Waals surface area contributed by atoms with E-state index in [2.05, 4.69) is 22.5 Å². The number of sulfone groups is 1. The maximum Gasteiger partial charge on any atom is 0.319 e. The lowest BCUT2D eigenvalue weighted by Gasteiger charge is -2.35. The molecule has 212 valence electrons. The highest BCUT2D eigenvalue weighted by Crippen LogP contribution is 2.55. The normalized spacial score (nSPS) is 21.5.